The van der Waals surface area contributed by atoms with Crippen LogP contribution < -0.4 is 5.32 Å². The highest BCUT2D eigenvalue weighted by Gasteiger charge is 2.15. The monoisotopic (exact) mass is 223 g/mol. The Morgan fingerprint density at radius 2 is 2.25 bits per heavy atom. The van der Waals surface area contributed by atoms with Crippen molar-refractivity contribution in [1.29, 1.82) is 5.26 Å². The number of nitrogens with zero attached hydrogens (tertiary/aromatic N) is 2. The summed E-state index contributed by atoms with van der Waals surface area (Å²) in [5, 5.41) is 12.1. The Kier molecular flexibility index (Phi) is 7.20. The zero-order valence-corrected chi connectivity index (χ0v) is 10.5. The molecule has 0 bridgehead atoms. The van der Waals surface area contributed by atoms with Gasteiger partial charge in [0.1, 0.15) is 0 Å². The van der Waals surface area contributed by atoms with Crippen LogP contribution in [0.4, 0.5) is 0 Å². The number of piperidine rings is 1. The van der Waals surface area contributed by atoms with E-state index in [1.807, 2.05) is 0 Å². The fourth-order valence-electron chi connectivity index (χ4n) is 2.38. The summed E-state index contributed by atoms with van der Waals surface area (Å²) in [4.78, 5) is 2.51. The fraction of sp³-hybridized carbons (Fsp3) is 0.923. The first-order chi connectivity index (χ1) is 7.86. The van der Waals surface area contributed by atoms with E-state index in [2.05, 4.69) is 23.2 Å². The van der Waals surface area contributed by atoms with E-state index in [0.29, 0.717) is 12.5 Å². The predicted octanol–water partition coefficient (Wildman–Crippen LogP) is 2.14. The average molecular weight is 223 g/mol. The molecule has 3 nitrogen and oxygen atoms in total. The molecule has 1 saturated heterocycles. The Labute approximate surface area is 99.8 Å². The highest BCUT2D eigenvalue weighted by Crippen LogP contribution is 2.09. The number of rotatable bonds is 7. The first kappa shape index (κ1) is 13.5. The third kappa shape index (κ3) is 5.48. The van der Waals surface area contributed by atoms with Gasteiger partial charge >= 0.3 is 0 Å². The van der Waals surface area contributed by atoms with Crippen molar-refractivity contribution in [2.75, 3.05) is 26.2 Å². The molecule has 1 heterocycles. The lowest BCUT2D eigenvalue weighted by molar-refractivity contribution is 0.223. The summed E-state index contributed by atoms with van der Waals surface area (Å²) >= 11 is 0. The lowest BCUT2D eigenvalue weighted by atomic mass is 10.0. The minimum absolute atomic E-state index is 0.683. The van der Waals surface area contributed by atoms with E-state index in [9.17, 15) is 0 Å². The fourth-order valence-corrected chi connectivity index (χ4v) is 2.38. The minimum atomic E-state index is 0.683. The van der Waals surface area contributed by atoms with Crippen LogP contribution in [0.5, 0.6) is 0 Å². The van der Waals surface area contributed by atoms with Crippen molar-refractivity contribution in [1.82, 2.24) is 10.2 Å². The van der Waals surface area contributed by atoms with Crippen LogP contribution in [-0.2, 0) is 0 Å². The Hall–Kier alpha value is -0.590. The summed E-state index contributed by atoms with van der Waals surface area (Å²) in [7, 11) is 0. The highest BCUT2D eigenvalue weighted by molar-refractivity contribution is 4.77. The van der Waals surface area contributed by atoms with E-state index >= 15 is 0 Å². The molecule has 1 aliphatic heterocycles. The van der Waals surface area contributed by atoms with E-state index in [1.54, 1.807) is 0 Å². The molecule has 1 atom stereocenters. The van der Waals surface area contributed by atoms with Gasteiger partial charge in [0.2, 0.25) is 0 Å². The number of hydrogen-bond acceptors (Lipinski definition) is 3. The molecule has 3 heteroatoms. The van der Waals surface area contributed by atoms with Crippen LogP contribution in [-0.4, -0.2) is 37.1 Å². The van der Waals surface area contributed by atoms with Gasteiger partial charge in [-0.3, -0.25) is 0 Å². The van der Waals surface area contributed by atoms with Crippen LogP contribution in [0.3, 0.4) is 0 Å². The lowest BCUT2D eigenvalue weighted by Gasteiger charge is -2.30. The Balaban J connectivity index is 2.22. The zero-order valence-electron chi connectivity index (χ0n) is 10.5. The number of unbranched alkanes of at least 4 members (excludes halogenated alkanes) is 1. The average Bonchev–Trinajstić information content (AvgIpc) is 2.31. The van der Waals surface area contributed by atoms with Gasteiger partial charge in [-0.2, -0.15) is 5.26 Å². The van der Waals surface area contributed by atoms with Crippen molar-refractivity contribution in [3.63, 3.8) is 0 Å². The maximum atomic E-state index is 8.55. The molecule has 0 aliphatic carbocycles. The molecule has 1 aliphatic rings. The minimum Gasteiger partial charge on any atom is -0.313 e. The quantitative estimate of drug-likeness (QED) is 0.672. The summed E-state index contributed by atoms with van der Waals surface area (Å²) in [5.74, 6) is 0. The molecule has 0 aromatic heterocycles. The Morgan fingerprint density at radius 1 is 1.38 bits per heavy atom. The molecule has 1 unspecified atom stereocenters. The molecule has 0 spiro atoms. The number of nitriles is 1. The highest BCUT2D eigenvalue weighted by atomic mass is 15.1. The van der Waals surface area contributed by atoms with E-state index in [0.717, 1.165) is 13.0 Å². The second-order valence-electron chi connectivity index (χ2n) is 4.71. The second-order valence-corrected chi connectivity index (χ2v) is 4.71. The maximum Gasteiger partial charge on any atom is 0.0622 e. The van der Waals surface area contributed by atoms with Crippen molar-refractivity contribution in [3.8, 4) is 6.07 Å². The van der Waals surface area contributed by atoms with Crippen LogP contribution in [0, 0.1) is 11.3 Å². The van der Waals surface area contributed by atoms with E-state index < -0.39 is 0 Å². The van der Waals surface area contributed by atoms with E-state index in [-0.39, 0.29) is 0 Å². The summed E-state index contributed by atoms with van der Waals surface area (Å²) in [6.07, 6.45) is 6.94. The third-order valence-electron chi connectivity index (χ3n) is 3.19. The van der Waals surface area contributed by atoms with Crippen molar-refractivity contribution in [2.45, 2.75) is 51.5 Å². The summed E-state index contributed by atoms with van der Waals surface area (Å²) in [6, 6.07) is 2.91. The van der Waals surface area contributed by atoms with Crippen LogP contribution in [0.25, 0.3) is 0 Å². The molecule has 1 fully saturated rings. The summed E-state index contributed by atoms with van der Waals surface area (Å²) < 4.78 is 0. The van der Waals surface area contributed by atoms with Gasteiger partial charge in [-0.05, 0) is 45.3 Å². The van der Waals surface area contributed by atoms with Gasteiger partial charge in [-0.1, -0.05) is 13.3 Å². The van der Waals surface area contributed by atoms with E-state index in [1.165, 1.54) is 45.3 Å². The van der Waals surface area contributed by atoms with Gasteiger partial charge in [-0.25, -0.2) is 0 Å². The van der Waals surface area contributed by atoms with Crippen LogP contribution >= 0.6 is 0 Å². The van der Waals surface area contributed by atoms with Crippen LogP contribution in [0.1, 0.15) is 45.4 Å². The first-order valence-electron chi connectivity index (χ1n) is 6.69. The standard InChI is InChI=1S/C13H25N3/c1-2-10-16(11-6-4-8-14)12-13-7-3-5-9-15-13/h13,15H,2-7,9-12H2,1H3. The van der Waals surface area contributed by atoms with Crippen molar-refractivity contribution in [2.24, 2.45) is 0 Å². The lowest BCUT2D eigenvalue weighted by Crippen LogP contribution is -2.44. The topological polar surface area (TPSA) is 39.1 Å². The molecule has 0 radical (unpaired) electrons. The van der Waals surface area contributed by atoms with Crippen molar-refractivity contribution < 1.29 is 0 Å². The maximum absolute atomic E-state index is 8.55. The van der Waals surface area contributed by atoms with Gasteiger partial charge in [0.15, 0.2) is 0 Å². The van der Waals surface area contributed by atoms with Crippen molar-refractivity contribution >= 4 is 0 Å². The predicted molar refractivity (Wildman–Crippen MR) is 67.2 cm³/mol. The normalized spacial score (nSPS) is 20.9. The Morgan fingerprint density at radius 3 is 2.88 bits per heavy atom. The molecule has 1 rings (SSSR count). The molecular weight excluding hydrogens is 198 g/mol. The smallest absolute Gasteiger partial charge is 0.0622 e. The molecule has 92 valence electrons. The second kappa shape index (κ2) is 8.55. The van der Waals surface area contributed by atoms with Crippen LogP contribution in [0.2, 0.25) is 0 Å². The van der Waals surface area contributed by atoms with E-state index in [4.69, 9.17) is 5.26 Å². The SMILES string of the molecule is CCCN(CCCC#N)CC1CCCCN1. The molecule has 16 heavy (non-hydrogen) atoms. The summed E-state index contributed by atoms with van der Waals surface area (Å²) in [5.41, 5.74) is 0. The largest absolute Gasteiger partial charge is 0.313 e. The summed E-state index contributed by atoms with van der Waals surface area (Å²) in [6.45, 7) is 6.83. The van der Waals surface area contributed by atoms with Gasteiger partial charge in [0, 0.05) is 19.0 Å². The van der Waals surface area contributed by atoms with Crippen LogP contribution in [0.15, 0.2) is 0 Å². The van der Waals surface area contributed by atoms with Gasteiger partial charge in [-0.15, -0.1) is 0 Å². The Bertz CT molecular complexity index is 204. The van der Waals surface area contributed by atoms with Crippen molar-refractivity contribution in [3.05, 3.63) is 0 Å². The molecule has 0 saturated carbocycles. The number of nitrogens with one attached hydrogen (secondary N) is 1. The van der Waals surface area contributed by atoms with Gasteiger partial charge < -0.3 is 10.2 Å². The zero-order chi connectivity index (χ0) is 11.6. The molecule has 0 aromatic rings. The first-order valence-corrected chi connectivity index (χ1v) is 6.69. The molecule has 0 aromatic carbocycles. The molecule has 1 N–H and O–H groups in total. The van der Waals surface area contributed by atoms with Gasteiger partial charge in [0.05, 0.1) is 6.07 Å². The number of hydrogen-bond donors (Lipinski definition) is 1. The van der Waals surface area contributed by atoms with Gasteiger partial charge in [0.25, 0.3) is 0 Å². The molecule has 0 amide bonds. The third-order valence-corrected chi connectivity index (χ3v) is 3.19. The molecular formula is C13H25N3.